The van der Waals surface area contributed by atoms with Crippen molar-refractivity contribution in [3.05, 3.63) is 35.5 Å². The molecule has 4 rings (SSSR count). The van der Waals surface area contributed by atoms with E-state index in [9.17, 15) is 9.59 Å². The Morgan fingerprint density at radius 2 is 1.92 bits per heavy atom. The van der Waals surface area contributed by atoms with Crippen molar-refractivity contribution in [2.24, 2.45) is 13.0 Å². The number of fused-ring (bicyclic) bond motifs is 2. The first kappa shape index (κ1) is 17.1. The van der Waals surface area contributed by atoms with Crippen molar-refractivity contribution in [3.8, 4) is 0 Å². The van der Waals surface area contributed by atoms with Crippen LogP contribution in [0.3, 0.4) is 0 Å². The van der Waals surface area contributed by atoms with Gasteiger partial charge in [0.2, 0.25) is 5.91 Å². The zero-order valence-corrected chi connectivity index (χ0v) is 15.9. The van der Waals surface area contributed by atoms with Crippen molar-refractivity contribution in [2.45, 2.75) is 38.6 Å². The van der Waals surface area contributed by atoms with Gasteiger partial charge >= 0.3 is 0 Å². The number of aromatic nitrogens is 1. The predicted octanol–water partition coefficient (Wildman–Crippen LogP) is 2.96. The van der Waals surface area contributed by atoms with Gasteiger partial charge in [0.1, 0.15) is 0 Å². The van der Waals surface area contributed by atoms with E-state index in [1.165, 1.54) is 0 Å². The Hall–Kier alpha value is -2.30. The van der Waals surface area contributed by atoms with E-state index in [0.29, 0.717) is 12.3 Å². The van der Waals surface area contributed by atoms with Gasteiger partial charge in [-0.05, 0) is 38.2 Å². The normalized spacial score (nSPS) is 23.9. The van der Waals surface area contributed by atoms with Crippen LogP contribution in [-0.4, -0.2) is 52.4 Å². The lowest BCUT2D eigenvalue weighted by Crippen LogP contribution is -2.51. The van der Waals surface area contributed by atoms with Crippen molar-refractivity contribution in [2.75, 3.05) is 20.1 Å². The van der Waals surface area contributed by atoms with Gasteiger partial charge in [-0.3, -0.25) is 9.59 Å². The maximum absolute atomic E-state index is 13.4. The van der Waals surface area contributed by atoms with Gasteiger partial charge < -0.3 is 14.4 Å². The highest BCUT2D eigenvalue weighted by Gasteiger charge is 2.37. The standard InChI is InChI=1S/C21H27N3O2/c1-14-20(16-8-4-5-9-18(16)22(14)2)21(26)24-12-11-17-15(13-24)7-6-10-19(25)23(17)3/h4-5,8-9,15,17H,6-7,10-13H2,1-3H3/t15-,17+/m0/s1. The number of benzene rings is 1. The van der Waals surface area contributed by atoms with Crippen LogP contribution < -0.4 is 0 Å². The first-order valence-electron chi connectivity index (χ1n) is 9.58. The average molecular weight is 353 g/mol. The van der Waals surface area contributed by atoms with Crippen LogP contribution in [0.15, 0.2) is 24.3 Å². The molecule has 0 radical (unpaired) electrons. The molecule has 1 aromatic carbocycles. The van der Waals surface area contributed by atoms with Crippen LogP contribution in [0.25, 0.3) is 10.9 Å². The monoisotopic (exact) mass is 353 g/mol. The Labute approximate surface area is 154 Å². The first-order chi connectivity index (χ1) is 12.5. The van der Waals surface area contributed by atoms with E-state index in [1.807, 2.05) is 49.0 Å². The van der Waals surface area contributed by atoms with E-state index >= 15 is 0 Å². The van der Waals surface area contributed by atoms with Gasteiger partial charge in [-0.25, -0.2) is 0 Å². The summed E-state index contributed by atoms with van der Waals surface area (Å²) in [5.41, 5.74) is 2.95. The minimum Gasteiger partial charge on any atom is -0.347 e. The van der Waals surface area contributed by atoms with E-state index in [0.717, 1.165) is 54.5 Å². The summed E-state index contributed by atoms with van der Waals surface area (Å²) in [6, 6.07) is 8.40. The van der Waals surface area contributed by atoms with Gasteiger partial charge in [0, 0.05) is 56.2 Å². The molecule has 5 nitrogen and oxygen atoms in total. The van der Waals surface area contributed by atoms with E-state index in [4.69, 9.17) is 0 Å². The number of aryl methyl sites for hydroxylation is 1. The van der Waals surface area contributed by atoms with Crippen LogP contribution in [-0.2, 0) is 11.8 Å². The van der Waals surface area contributed by atoms with Crippen molar-refractivity contribution >= 4 is 22.7 Å². The van der Waals surface area contributed by atoms with Crippen molar-refractivity contribution in [3.63, 3.8) is 0 Å². The molecule has 2 aliphatic rings. The molecule has 3 heterocycles. The lowest BCUT2D eigenvalue weighted by atomic mass is 9.88. The fourth-order valence-electron chi connectivity index (χ4n) is 4.82. The van der Waals surface area contributed by atoms with E-state index in [1.54, 1.807) is 0 Å². The summed E-state index contributed by atoms with van der Waals surface area (Å²) in [6.45, 7) is 3.50. The third-order valence-corrected chi connectivity index (χ3v) is 6.45. The van der Waals surface area contributed by atoms with E-state index in [-0.39, 0.29) is 17.9 Å². The second kappa shape index (κ2) is 6.45. The minimum absolute atomic E-state index is 0.135. The number of nitrogens with zero attached hydrogens (tertiary/aromatic N) is 3. The molecule has 2 amide bonds. The summed E-state index contributed by atoms with van der Waals surface area (Å²) in [5, 5.41) is 1.03. The topological polar surface area (TPSA) is 45.6 Å². The summed E-state index contributed by atoms with van der Waals surface area (Å²) in [5.74, 6) is 0.776. The molecule has 0 spiro atoms. The Morgan fingerprint density at radius 1 is 1.15 bits per heavy atom. The van der Waals surface area contributed by atoms with Gasteiger partial charge in [0.05, 0.1) is 5.56 Å². The number of carbonyl (C=O) groups excluding carboxylic acids is 2. The molecule has 2 saturated heterocycles. The maximum atomic E-state index is 13.4. The molecule has 0 unspecified atom stereocenters. The SMILES string of the molecule is Cc1c(C(=O)N2CC[C@@H]3[C@@H](CCCC(=O)N3C)C2)c2ccccc2n1C. The van der Waals surface area contributed by atoms with Crippen LogP contribution in [0.2, 0.25) is 0 Å². The summed E-state index contributed by atoms with van der Waals surface area (Å²) in [6.07, 6.45) is 3.47. The molecule has 0 aliphatic carbocycles. The number of rotatable bonds is 1. The molecule has 0 saturated carbocycles. The van der Waals surface area contributed by atoms with Crippen molar-refractivity contribution < 1.29 is 9.59 Å². The predicted molar refractivity (Wildman–Crippen MR) is 102 cm³/mol. The number of hydrogen-bond acceptors (Lipinski definition) is 2. The number of para-hydroxylation sites is 1. The second-order valence-electron chi connectivity index (χ2n) is 7.80. The van der Waals surface area contributed by atoms with Gasteiger partial charge in [-0.2, -0.15) is 0 Å². The fraction of sp³-hybridized carbons (Fsp3) is 0.524. The average Bonchev–Trinajstić information content (AvgIpc) is 2.81. The highest BCUT2D eigenvalue weighted by Crippen LogP contribution is 2.32. The van der Waals surface area contributed by atoms with Crippen LogP contribution >= 0.6 is 0 Å². The van der Waals surface area contributed by atoms with E-state index in [2.05, 4.69) is 10.6 Å². The maximum Gasteiger partial charge on any atom is 0.256 e. The Bertz CT molecular complexity index is 870. The molecule has 0 N–H and O–H groups in total. The summed E-state index contributed by atoms with van der Waals surface area (Å²) >= 11 is 0. The summed E-state index contributed by atoms with van der Waals surface area (Å²) in [4.78, 5) is 29.5. The smallest absolute Gasteiger partial charge is 0.256 e. The second-order valence-corrected chi connectivity index (χ2v) is 7.80. The molecule has 2 aromatic rings. The third kappa shape index (κ3) is 2.61. The number of hydrogen-bond donors (Lipinski definition) is 0. The minimum atomic E-state index is 0.135. The molecule has 2 atom stereocenters. The molecule has 138 valence electrons. The Kier molecular flexibility index (Phi) is 4.25. The summed E-state index contributed by atoms with van der Waals surface area (Å²) < 4.78 is 2.10. The van der Waals surface area contributed by atoms with Crippen molar-refractivity contribution in [1.29, 1.82) is 0 Å². The molecule has 2 aliphatic heterocycles. The first-order valence-corrected chi connectivity index (χ1v) is 9.58. The highest BCUT2D eigenvalue weighted by molar-refractivity contribution is 6.08. The molecule has 1 aromatic heterocycles. The Balaban J connectivity index is 1.63. The van der Waals surface area contributed by atoms with Crippen LogP contribution in [0.4, 0.5) is 0 Å². The zero-order valence-electron chi connectivity index (χ0n) is 15.9. The molecule has 5 heteroatoms. The molecule has 0 bridgehead atoms. The lowest BCUT2D eigenvalue weighted by Gasteiger charge is -2.41. The van der Waals surface area contributed by atoms with Gasteiger partial charge in [-0.1, -0.05) is 18.2 Å². The van der Waals surface area contributed by atoms with E-state index < -0.39 is 0 Å². The number of piperidine rings is 1. The van der Waals surface area contributed by atoms with Crippen LogP contribution in [0, 0.1) is 12.8 Å². The Morgan fingerprint density at radius 3 is 2.73 bits per heavy atom. The van der Waals surface area contributed by atoms with Gasteiger partial charge in [0.25, 0.3) is 5.91 Å². The van der Waals surface area contributed by atoms with Crippen LogP contribution in [0.1, 0.15) is 41.7 Å². The van der Waals surface area contributed by atoms with Gasteiger partial charge in [-0.15, -0.1) is 0 Å². The molecular weight excluding hydrogens is 326 g/mol. The molecule has 26 heavy (non-hydrogen) atoms. The quantitative estimate of drug-likeness (QED) is 0.791. The number of amides is 2. The molecule has 2 fully saturated rings. The third-order valence-electron chi connectivity index (χ3n) is 6.45. The highest BCUT2D eigenvalue weighted by atomic mass is 16.2. The molecular formula is C21H27N3O2. The summed E-state index contributed by atoms with van der Waals surface area (Å²) in [7, 11) is 3.95. The number of carbonyl (C=O) groups is 2. The number of likely N-dealkylation sites (tertiary alicyclic amines) is 2. The van der Waals surface area contributed by atoms with Crippen LogP contribution in [0.5, 0.6) is 0 Å². The zero-order chi connectivity index (χ0) is 18.4. The lowest BCUT2D eigenvalue weighted by molar-refractivity contribution is -0.132. The van der Waals surface area contributed by atoms with Gasteiger partial charge in [0.15, 0.2) is 0 Å². The largest absolute Gasteiger partial charge is 0.347 e. The fourth-order valence-corrected chi connectivity index (χ4v) is 4.82. The van der Waals surface area contributed by atoms with Crippen molar-refractivity contribution in [1.82, 2.24) is 14.4 Å².